The van der Waals surface area contributed by atoms with Crippen molar-refractivity contribution in [3.63, 3.8) is 0 Å². The largest absolute Gasteiger partial charge is 0.100 e. The van der Waals surface area contributed by atoms with Crippen molar-refractivity contribution < 1.29 is 0 Å². The van der Waals surface area contributed by atoms with Crippen LogP contribution in [-0.2, 0) is 0 Å². The molecule has 1 fully saturated rings. The second kappa shape index (κ2) is 11.5. The molecule has 0 N–H and O–H groups in total. The summed E-state index contributed by atoms with van der Waals surface area (Å²) in [6.07, 6.45) is 7.86. The molecule has 0 spiro atoms. The van der Waals surface area contributed by atoms with Crippen molar-refractivity contribution in [2.24, 2.45) is 0 Å². The minimum Gasteiger partial charge on any atom is -0.100 e. The van der Waals surface area contributed by atoms with Gasteiger partial charge in [-0.1, -0.05) is 31.1 Å². The first kappa shape index (κ1) is 15.0. The first-order valence-corrected chi connectivity index (χ1v) is 5.43. The molecule has 0 heteroatoms. The highest BCUT2D eigenvalue weighted by molar-refractivity contribution is 5.03. The normalized spacial score (nSPS) is 13.5. The average Bonchev–Trinajstić information content (AvgIpc) is 2.58. The van der Waals surface area contributed by atoms with Crippen molar-refractivity contribution in [3.8, 4) is 0 Å². The van der Waals surface area contributed by atoms with Gasteiger partial charge in [0, 0.05) is 0 Å². The lowest BCUT2D eigenvalue weighted by Gasteiger charge is -1.85. The number of hydrogen-bond donors (Lipinski definition) is 0. The van der Waals surface area contributed by atoms with Crippen molar-refractivity contribution in [3.05, 3.63) is 23.8 Å². The van der Waals surface area contributed by atoms with Crippen LogP contribution in [0.4, 0.5) is 0 Å². The van der Waals surface area contributed by atoms with E-state index in [0.29, 0.717) is 0 Å². The van der Waals surface area contributed by atoms with Gasteiger partial charge in [-0.3, -0.25) is 0 Å². The zero-order valence-corrected chi connectivity index (χ0v) is 10.1. The Bertz CT molecular complexity index is 128. The molecule has 1 aliphatic rings. The molecule has 0 aromatic heterocycles. The summed E-state index contributed by atoms with van der Waals surface area (Å²) in [5.74, 6) is 0. The fraction of sp³-hybridized carbons (Fsp3) is 0.692. The van der Waals surface area contributed by atoms with Gasteiger partial charge in [-0.25, -0.2) is 0 Å². The maximum Gasteiger partial charge on any atom is -0.0320 e. The average molecular weight is 182 g/mol. The van der Waals surface area contributed by atoms with E-state index in [0.717, 1.165) is 0 Å². The minimum absolute atomic E-state index is 1.17. The summed E-state index contributed by atoms with van der Waals surface area (Å²) < 4.78 is 0. The Labute approximate surface area is 84.7 Å². The van der Waals surface area contributed by atoms with E-state index in [4.69, 9.17) is 0 Å². The van der Waals surface area contributed by atoms with Gasteiger partial charge in [0.1, 0.15) is 0 Å². The molecule has 1 aliphatic carbocycles. The van der Waals surface area contributed by atoms with Gasteiger partial charge in [-0.2, -0.15) is 0 Å². The van der Waals surface area contributed by atoms with E-state index in [9.17, 15) is 0 Å². The van der Waals surface area contributed by atoms with Gasteiger partial charge >= 0.3 is 0 Å². The Morgan fingerprint density at radius 3 is 1.62 bits per heavy atom. The smallest absolute Gasteiger partial charge is 0.0320 e. The predicted molar refractivity (Wildman–Crippen MR) is 64.1 cm³/mol. The fourth-order valence-electron chi connectivity index (χ4n) is 1.12. The van der Waals surface area contributed by atoms with Crippen LogP contribution >= 0.6 is 0 Å². The molecule has 0 nitrogen and oxygen atoms in total. The highest BCUT2D eigenvalue weighted by atomic mass is 14.1. The van der Waals surface area contributed by atoms with Crippen LogP contribution in [0.15, 0.2) is 23.8 Å². The topological polar surface area (TPSA) is 0 Å². The zero-order chi connectivity index (χ0) is 10.7. The number of allylic oxidation sites excluding steroid dienone is 3. The first-order valence-electron chi connectivity index (χ1n) is 5.43. The summed E-state index contributed by atoms with van der Waals surface area (Å²) in [5, 5.41) is 0. The quantitative estimate of drug-likeness (QED) is 0.456. The third kappa shape index (κ3) is 14.3. The van der Waals surface area contributed by atoms with Crippen LogP contribution < -0.4 is 0 Å². The van der Waals surface area contributed by atoms with E-state index in [1.165, 1.54) is 31.3 Å². The Kier molecular flexibility index (Phi) is 13.2. The molecule has 0 aliphatic heterocycles. The zero-order valence-electron chi connectivity index (χ0n) is 10.1. The van der Waals surface area contributed by atoms with E-state index in [2.05, 4.69) is 19.6 Å². The van der Waals surface area contributed by atoms with Crippen LogP contribution in [0.2, 0.25) is 0 Å². The Hall–Kier alpha value is -0.520. The Balaban J connectivity index is 0. The maximum atomic E-state index is 3.56. The number of rotatable bonds is 0. The maximum absolute atomic E-state index is 3.56. The van der Waals surface area contributed by atoms with Crippen LogP contribution in [0.5, 0.6) is 0 Å². The van der Waals surface area contributed by atoms with Crippen molar-refractivity contribution in [2.75, 3.05) is 0 Å². The second-order valence-electron chi connectivity index (χ2n) is 3.36. The van der Waals surface area contributed by atoms with Crippen LogP contribution in [-0.4, -0.2) is 0 Å². The standard InChI is InChI=1S/C7H12.C4H8.C2H6/c1-2-7-5-3-4-6-7;1-4(2)3;1-2/h2H,3-6H2,1H3;1H2,2-3H3;1-2H3. The molecule has 13 heavy (non-hydrogen) atoms. The third-order valence-corrected chi connectivity index (χ3v) is 1.65. The monoisotopic (exact) mass is 182 g/mol. The minimum atomic E-state index is 1.17. The van der Waals surface area contributed by atoms with E-state index in [1.807, 2.05) is 27.7 Å². The van der Waals surface area contributed by atoms with Gasteiger partial charge in [0.15, 0.2) is 0 Å². The van der Waals surface area contributed by atoms with Crippen LogP contribution in [0.25, 0.3) is 0 Å². The molecule has 0 aromatic rings. The molecule has 0 atom stereocenters. The van der Waals surface area contributed by atoms with Crippen molar-refractivity contribution in [1.82, 2.24) is 0 Å². The van der Waals surface area contributed by atoms with Gasteiger partial charge in [0.2, 0.25) is 0 Å². The molecular formula is C13H26. The fourth-order valence-corrected chi connectivity index (χ4v) is 1.12. The summed E-state index contributed by atoms with van der Waals surface area (Å²) in [5.41, 5.74) is 2.83. The second-order valence-corrected chi connectivity index (χ2v) is 3.36. The molecule has 0 amide bonds. The van der Waals surface area contributed by atoms with E-state index in [-0.39, 0.29) is 0 Å². The summed E-state index contributed by atoms with van der Waals surface area (Å²) in [7, 11) is 0. The SMILES string of the molecule is C=C(C)C.CC.CC=C1CCCC1. The first-order chi connectivity index (χ1) is 6.16. The van der Waals surface area contributed by atoms with Gasteiger partial charge in [0.05, 0.1) is 0 Å². The molecule has 0 saturated heterocycles. The lowest BCUT2D eigenvalue weighted by atomic mass is 10.2. The lowest BCUT2D eigenvalue weighted by molar-refractivity contribution is 0.886. The van der Waals surface area contributed by atoms with E-state index < -0.39 is 0 Å². The molecule has 0 aromatic carbocycles. The summed E-state index contributed by atoms with van der Waals surface area (Å²) in [4.78, 5) is 0. The highest BCUT2D eigenvalue weighted by Crippen LogP contribution is 2.22. The van der Waals surface area contributed by atoms with E-state index >= 15 is 0 Å². The molecule has 78 valence electrons. The molecule has 1 saturated carbocycles. The van der Waals surface area contributed by atoms with Gasteiger partial charge < -0.3 is 0 Å². The molecule has 0 heterocycles. The Morgan fingerprint density at radius 2 is 1.46 bits per heavy atom. The lowest BCUT2D eigenvalue weighted by Crippen LogP contribution is -1.64. The molecule has 0 radical (unpaired) electrons. The third-order valence-electron chi connectivity index (χ3n) is 1.65. The van der Waals surface area contributed by atoms with Crippen molar-refractivity contribution in [2.45, 2.75) is 60.3 Å². The van der Waals surface area contributed by atoms with E-state index in [1.54, 1.807) is 5.57 Å². The van der Waals surface area contributed by atoms with Gasteiger partial charge in [-0.05, 0) is 46.5 Å². The van der Waals surface area contributed by atoms with Crippen LogP contribution in [0.1, 0.15) is 60.3 Å². The summed E-state index contributed by atoms with van der Waals surface area (Å²) >= 11 is 0. The summed E-state index contributed by atoms with van der Waals surface area (Å²) in [6.45, 7) is 13.6. The molecule has 1 rings (SSSR count). The van der Waals surface area contributed by atoms with Gasteiger partial charge in [0.25, 0.3) is 0 Å². The van der Waals surface area contributed by atoms with Gasteiger partial charge in [-0.15, -0.1) is 6.58 Å². The molecule has 0 bridgehead atoms. The number of hydrogen-bond acceptors (Lipinski definition) is 0. The molecule has 0 unspecified atom stereocenters. The van der Waals surface area contributed by atoms with Crippen LogP contribution in [0.3, 0.4) is 0 Å². The highest BCUT2D eigenvalue weighted by Gasteiger charge is 2.02. The Morgan fingerprint density at radius 1 is 1.15 bits per heavy atom. The van der Waals surface area contributed by atoms with Crippen molar-refractivity contribution >= 4 is 0 Å². The molecular weight excluding hydrogens is 156 g/mol. The predicted octanol–water partition coefficient (Wildman–Crippen LogP) is 5.12. The van der Waals surface area contributed by atoms with Crippen LogP contribution in [0, 0.1) is 0 Å². The summed E-state index contributed by atoms with van der Waals surface area (Å²) in [6, 6.07) is 0. The van der Waals surface area contributed by atoms with Crippen molar-refractivity contribution in [1.29, 1.82) is 0 Å².